The molecular weight excluding hydrogens is 328 g/mol. The minimum absolute atomic E-state index is 0.330. The molecule has 1 atom stereocenters. The zero-order valence-corrected chi connectivity index (χ0v) is 15.4. The lowest BCUT2D eigenvalue weighted by molar-refractivity contribution is 0.449. The van der Waals surface area contributed by atoms with E-state index in [9.17, 15) is 0 Å². The quantitative estimate of drug-likeness (QED) is 0.718. The number of piperidine rings is 1. The van der Waals surface area contributed by atoms with Crippen LogP contribution in [0.5, 0.6) is 0 Å². The third-order valence-electron chi connectivity index (χ3n) is 4.96. The molecule has 1 fully saturated rings. The molecule has 2 aromatic heterocycles. The molecule has 0 spiro atoms. The van der Waals surface area contributed by atoms with Crippen LogP contribution in [0.15, 0.2) is 30.6 Å². The molecule has 0 amide bonds. The molecule has 1 saturated heterocycles. The minimum atomic E-state index is 0.330. The van der Waals surface area contributed by atoms with E-state index in [1.165, 1.54) is 5.56 Å². The molecule has 1 aliphatic rings. The highest BCUT2D eigenvalue weighted by atomic mass is 15.6. The first-order valence-corrected chi connectivity index (χ1v) is 9.13. The van der Waals surface area contributed by atoms with E-state index in [1.54, 1.807) is 0 Å². The van der Waals surface area contributed by atoms with Gasteiger partial charge in [0.25, 0.3) is 0 Å². The highest BCUT2D eigenvalue weighted by molar-refractivity contribution is 5.42. The fourth-order valence-corrected chi connectivity index (χ4v) is 3.54. The molecule has 1 unspecified atom stereocenters. The topological polar surface area (TPSA) is 77.6 Å². The Hall–Kier alpha value is -2.77. The predicted molar refractivity (Wildman–Crippen MR) is 98.5 cm³/mol. The van der Waals surface area contributed by atoms with Crippen LogP contribution < -0.4 is 4.90 Å². The van der Waals surface area contributed by atoms with Gasteiger partial charge >= 0.3 is 0 Å². The van der Waals surface area contributed by atoms with Crippen LogP contribution >= 0.6 is 0 Å². The Morgan fingerprint density at radius 2 is 1.92 bits per heavy atom. The number of benzene rings is 1. The van der Waals surface area contributed by atoms with Crippen molar-refractivity contribution in [1.82, 2.24) is 35.0 Å². The van der Waals surface area contributed by atoms with Crippen molar-refractivity contribution in [3.63, 3.8) is 0 Å². The summed E-state index contributed by atoms with van der Waals surface area (Å²) < 4.78 is 3.98. The first-order valence-electron chi connectivity index (χ1n) is 9.13. The van der Waals surface area contributed by atoms with Crippen molar-refractivity contribution >= 4 is 5.95 Å². The molecule has 0 N–H and O–H groups in total. The Bertz CT molecular complexity index is 863. The highest BCUT2D eigenvalue weighted by Crippen LogP contribution is 2.29. The van der Waals surface area contributed by atoms with Gasteiger partial charge in [-0.1, -0.05) is 22.8 Å². The van der Waals surface area contributed by atoms with E-state index in [4.69, 9.17) is 0 Å². The molecule has 8 heteroatoms. The number of aryl methyl sites for hydroxylation is 1. The van der Waals surface area contributed by atoms with Crippen molar-refractivity contribution < 1.29 is 0 Å². The lowest BCUT2D eigenvalue weighted by Gasteiger charge is -2.32. The van der Waals surface area contributed by atoms with Gasteiger partial charge in [0.1, 0.15) is 12.2 Å². The van der Waals surface area contributed by atoms with Crippen molar-refractivity contribution in [1.29, 1.82) is 0 Å². The summed E-state index contributed by atoms with van der Waals surface area (Å²) in [5.74, 6) is 2.17. The Morgan fingerprint density at radius 1 is 1.12 bits per heavy atom. The predicted octanol–water partition coefficient (Wildman–Crippen LogP) is 2.53. The molecule has 1 aromatic carbocycles. The van der Waals surface area contributed by atoms with Crippen molar-refractivity contribution in [2.24, 2.45) is 0 Å². The smallest absolute Gasteiger partial charge is 0.250 e. The number of hydrogen-bond donors (Lipinski definition) is 0. The number of nitrogens with zero attached hydrogens (tertiary/aromatic N) is 8. The Labute approximate surface area is 152 Å². The van der Waals surface area contributed by atoms with E-state index in [0.717, 1.165) is 43.4 Å². The van der Waals surface area contributed by atoms with Crippen LogP contribution in [0.25, 0.3) is 5.69 Å². The van der Waals surface area contributed by atoms with Crippen molar-refractivity contribution in [2.75, 3.05) is 18.0 Å². The molecule has 4 rings (SSSR count). The minimum Gasteiger partial charge on any atom is -0.339 e. The Morgan fingerprint density at radius 3 is 2.69 bits per heavy atom. The third-order valence-corrected chi connectivity index (χ3v) is 4.96. The van der Waals surface area contributed by atoms with E-state index < -0.39 is 0 Å². The van der Waals surface area contributed by atoms with E-state index in [1.807, 2.05) is 23.1 Å². The second kappa shape index (κ2) is 6.86. The first-order chi connectivity index (χ1) is 12.6. The summed E-state index contributed by atoms with van der Waals surface area (Å²) in [5, 5.41) is 20.9. The molecule has 0 saturated carbocycles. The average molecular weight is 352 g/mol. The molecule has 0 aliphatic carbocycles. The average Bonchev–Trinajstić information content (AvgIpc) is 3.32. The van der Waals surface area contributed by atoms with Crippen LogP contribution in [0.2, 0.25) is 0 Å². The van der Waals surface area contributed by atoms with Gasteiger partial charge in [0.2, 0.25) is 5.95 Å². The maximum Gasteiger partial charge on any atom is 0.250 e. The van der Waals surface area contributed by atoms with Crippen LogP contribution in [-0.2, 0) is 0 Å². The maximum atomic E-state index is 4.40. The summed E-state index contributed by atoms with van der Waals surface area (Å²) in [6.07, 6.45) is 4.01. The molecule has 1 aliphatic heterocycles. The zero-order chi connectivity index (χ0) is 18.1. The van der Waals surface area contributed by atoms with Gasteiger partial charge < -0.3 is 9.47 Å². The first kappa shape index (κ1) is 16.7. The van der Waals surface area contributed by atoms with Crippen LogP contribution in [-0.4, -0.2) is 48.1 Å². The van der Waals surface area contributed by atoms with Crippen LogP contribution in [0.1, 0.15) is 50.0 Å². The standard InChI is InChI=1S/C18H24N8/c1-13(2)25-12-19-20-17(25)15-5-4-10-24(11-15)18-21-22-23-26(18)16-8-6-14(3)7-9-16/h6-9,12-13,15H,4-5,10-11H2,1-3H3. The third kappa shape index (κ3) is 3.07. The molecule has 8 nitrogen and oxygen atoms in total. The largest absolute Gasteiger partial charge is 0.339 e. The van der Waals surface area contributed by atoms with E-state index in [2.05, 4.69) is 68.1 Å². The van der Waals surface area contributed by atoms with Gasteiger partial charge in [-0.25, -0.2) is 0 Å². The molecule has 136 valence electrons. The highest BCUT2D eigenvalue weighted by Gasteiger charge is 2.28. The molecule has 3 heterocycles. The molecule has 0 radical (unpaired) electrons. The second-order valence-electron chi connectivity index (χ2n) is 7.20. The SMILES string of the molecule is Cc1ccc(-n2nnnc2N2CCCC(c3nncn3C(C)C)C2)cc1. The second-order valence-corrected chi connectivity index (χ2v) is 7.20. The van der Waals surface area contributed by atoms with Crippen molar-refractivity contribution in [3.05, 3.63) is 42.0 Å². The fourth-order valence-electron chi connectivity index (χ4n) is 3.54. The Kier molecular flexibility index (Phi) is 4.40. The van der Waals surface area contributed by atoms with Gasteiger partial charge in [0.05, 0.1) is 5.69 Å². The number of anilines is 1. The lowest BCUT2D eigenvalue weighted by atomic mass is 9.97. The van der Waals surface area contributed by atoms with Gasteiger partial charge in [0, 0.05) is 25.0 Å². The van der Waals surface area contributed by atoms with Gasteiger partial charge in [0.15, 0.2) is 0 Å². The van der Waals surface area contributed by atoms with E-state index in [-0.39, 0.29) is 0 Å². The van der Waals surface area contributed by atoms with Crippen LogP contribution in [0.3, 0.4) is 0 Å². The number of aromatic nitrogens is 7. The summed E-state index contributed by atoms with van der Waals surface area (Å²) in [6.45, 7) is 8.18. The summed E-state index contributed by atoms with van der Waals surface area (Å²) >= 11 is 0. The fraction of sp³-hybridized carbons (Fsp3) is 0.500. The van der Waals surface area contributed by atoms with E-state index in [0.29, 0.717) is 12.0 Å². The van der Waals surface area contributed by atoms with Gasteiger partial charge in [-0.05, 0) is 56.2 Å². The summed E-state index contributed by atoms with van der Waals surface area (Å²) in [7, 11) is 0. The maximum absolute atomic E-state index is 4.40. The summed E-state index contributed by atoms with van der Waals surface area (Å²) in [5.41, 5.74) is 2.19. The van der Waals surface area contributed by atoms with E-state index >= 15 is 0 Å². The van der Waals surface area contributed by atoms with Crippen LogP contribution in [0.4, 0.5) is 5.95 Å². The van der Waals surface area contributed by atoms with Gasteiger partial charge in [-0.3, -0.25) is 0 Å². The van der Waals surface area contributed by atoms with Crippen molar-refractivity contribution in [2.45, 2.75) is 45.6 Å². The normalized spacial score (nSPS) is 17.8. The number of tetrazole rings is 1. The summed E-state index contributed by atoms with van der Waals surface area (Å²) in [4.78, 5) is 2.26. The van der Waals surface area contributed by atoms with Crippen LogP contribution in [0, 0.1) is 6.92 Å². The van der Waals surface area contributed by atoms with Crippen molar-refractivity contribution in [3.8, 4) is 5.69 Å². The molecular formula is C18H24N8. The Balaban J connectivity index is 1.60. The summed E-state index contributed by atoms with van der Waals surface area (Å²) in [6, 6.07) is 8.60. The van der Waals surface area contributed by atoms with Gasteiger partial charge in [-0.2, -0.15) is 4.68 Å². The molecule has 3 aromatic rings. The lowest BCUT2D eigenvalue weighted by Crippen LogP contribution is -2.37. The zero-order valence-electron chi connectivity index (χ0n) is 15.4. The van der Waals surface area contributed by atoms with Gasteiger partial charge in [-0.15, -0.1) is 10.2 Å². The number of rotatable bonds is 4. The molecule has 26 heavy (non-hydrogen) atoms. The number of hydrogen-bond acceptors (Lipinski definition) is 6. The monoisotopic (exact) mass is 352 g/mol. The molecule has 0 bridgehead atoms.